The first-order valence-corrected chi connectivity index (χ1v) is 4.31. The maximum absolute atomic E-state index is 5.65. The standard InChI is InChI=1S/C12H8O.H3P/c1-3-7-11-9(5-1)10-6-2-4-8-12(10)13-11;/h1-8H;1H3. The molecule has 0 aliphatic rings. The predicted molar refractivity (Wildman–Crippen MR) is 64.8 cm³/mol. The van der Waals surface area contributed by atoms with Crippen molar-refractivity contribution in [2.75, 3.05) is 0 Å². The Hall–Kier alpha value is -1.33. The summed E-state index contributed by atoms with van der Waals surface area (Å²) in [6, 6.07) is 16.2. The molecule has 1 atom stereocenters. The van der Waals surface area contributed by atoms with E-state index in [1.54, 1.807) is 0 Å². The molecule has 0 amide bonds. The Bertz CT molecular complexity index is 518. The van der Waals surface area contributed by atoms with Gasteiger partial charge in [0, 0.05) is 10.8 Å². The molecule has 2 aromatic carbocycles. The predicted octanol–water partition coefficient (Wildman–Crippen LogP) is 3.64. The van der Waals surface area contributed by atoms with E-state index in [4.69, 9.17) is 4.42 Å². The average molecular weight is 202 g/mol. The van der Waals surface area contributed by atoms with E-state index in [1.807, 2.05) is 36.4 Å². The largest absolute Gasteiger partial charge is 0.456 e. The Labute approximate surface area is 85.3 Å². The van der Waals surface area contributed by atoms with Crippen LogP contribution >= 0.6 is 9.90 Å². The number of hydrogen-bond donors (Lipinski definition) is 0. The normalized spacial score (nSPS) is 10.3. The van der Waals surface area contributed by atoms with Gasteiger partial charge in [-0.3, -0.25) is 0 Å². The third-order valence-electron chi connectivity index (χ3n) is 2.28. The maximum Gasteiger partial charge on any atom is 0.135 e. The highest BCUT2D eigenvalue weighted by atomic mass is 31.0. The fraction of sp³-hybridized carbons (Fsp3) is 0. The molecule has 0 aliphatic carbocycles. The molecule has 3 aromatic rings. The number of para-hydroxylation sites is 2. The van der Waals surface area contributed by atoms with Gasteiger partial charge in [0.2, 0.25) is 0 Å². The topological polar surface area (TPSA) is 13.1 Å². The zero-order chi connectivity index (χ0) is 8.67. The van der Waals surface area contributed by atoms with Crippen LogP contribution in [0.15, 0.2) is 52.9 Å². The molecule has 0 saturated heterocycles. The van der Waals surface area contributed by atoms with E-state index in [0.717, 1.165) is 11.2 Å². The summed E-state index contributed by atoms with van der Waals surface area (Å²) in [6.45, 7) is 0. The molecule has 1 unspecified atom stereocenters. The minimum atomic E-state index is 0. The van der Waals surface area contributed by atoms with Gasteiger partial charge in [-0.25, -0.2) is 0 Å². The summed E-state index contributed by atoms with van der Waals surface area (Å²) in [5.74, 6) is 0. The lowest BCUT2D eigenvalue weighted by molar-refractivity contribution is 0.669. The molecule has 1 heterocycles. The minimum absolute atomic E-state index is 0. The van der Waals surface area contributed by atoms with Gasteiger partial charge in [-0.15, -0.1) is 0 Å². The number of furan rings is 1. The number of hydrogen-bond acceptors (Lipinski definition) is 1. The fourth-order valence-corrected chi connectivity index (χ4v) is 1.67. The molecule has 14 heavy (non-hydrogen) atoms. The molecule has 1 aromatic heterocycles. The lowest BCUT2D eigenvalue weighted by Gasteiger charge is -1.85. The molecule has 0 fully saturated rings. The Kier molecular flexibility index (Phi) is 2.26. The summed E-state index contributed by atoms with van der Waals surface area (Å²) >= 11 is 0. The van der Waals surface area contributed by atoms with Crippen molar-refractivity contribution in [2.45, 2.75) is 0 Å². The van der Waals surface area contributed by atoms with Crippen molar-refractivity contribution in [3.8, 4) is 0 Å². The quantitative estimate of drug-likeness (QED) is 0.507. The van der Waals surface area contributed by atoms with Crippen molar-refractivity contribution >= 4 is 31.8 Å². The van der Waals surface area contributed by atoms with Crippen LogP contribution in [0.2, 0.25) is 0 Å². The van der Waals surface area contributed by atoms with E-state index in [-0.39, 0.29) is 9.90 Å². The highest BCUT2D eigenvalue weighted by molar-refractivity contribution is 6.92. The smallest absolute Gasteiger partial charge is 0.135 e. The number of benzene rings is 2. The summed E-state index contributed by atoms with van der Waals surface area (Å²) in [5, 5.41) is 2.39. The second-order valence-electron chi connectivity index (χ2n) is 3.09. The van der Waals surface area contributed by atoms with E-state index in [0.29, 0.717) is 0 Å². The first kappa shape index (κ1) is 9.23. The van der Waals surface area contributed by atoms with Crippen LogP contribution in [0, 0.1) is 0 Å². The first-order chi connectivity index (χ1) is 6.45. The van der Waals surface area contributed by atoms with Crippen LogP contribution in [0.5, 0.6) is 0 Å². The summed E-state index contributed by atoms with van der Waals surface area (Å²) in [7, 11) is 0. The van der Waals surface area contributed by atoms with Gasteiger partial charge < -0.3 is 4.42 Å². The van der Waals surface area contributed by atoms with E-state index in [1.165, 1.54) is 10.8 Å². The highest BCUT2D eigenvalue weighted by Crippen LogP contribution is 2.27. The summed E-state index contributed by atoms with van der Waals surface area (Å²) < 4.78 is 5.65. The van der Waals surface area contributed by atoms with Crippen LogP contribution in [-0.2, 0) is 0 Å². The van der Waals surface area contributed by atoms with Crippen LogP contribution in [0.1, 0.15) is 0 Å². The van der Waals surface area contributed by atoms with Crippen LogP contribution < -0.4 is 0 Å². The molecule has 0 aliphatic heterocycles. The van der Waals surface area contributed by atoms with Crippen molar-refractivity contribution in [1.82, 2.24) is 0 Å². The number of fused-ring (bicyclic) bond motifs is 3. The fourth-order valence-electron chi connectivity index (χ4n) is 1.67. The van der Waals surface area contributed by atoms with Gasteiger partial charge in [0.1, 0.15) is 11.2 Å². The van der Waals surface area contributed by atoms with Crippen molar-refractivity contribution in [3.63, 3.8) is 0 Å². The van der Waals surface area contributed by atoms with Gasteiger partial charge >= 0.3 is 0 Å². The first-order valence-electron chi connectivity index (χ1n) is 4.31. The van der Waals surface area contributed by atoms with Crippen LogP contribution in [-0.4, -0.2) is 0 Å². The Balaban J connectivity index is 0.000000750. The summed E-state index contributed by atoms with van der Waals surface area (Å²) in [4.78, 5) is 0. The number of rotatable bonds is 0. The van der Waals surface area contributed by atoms with Gasteiger partial charge in [-0.05, 0) is 12.1 Å². The summed E-state index contributed by atoms with van der Waals surface area (Å²) in [5.41, 5.74) is 1.92. The monoisotopic (exact) mass is 202 g/mol. The van der Waals surface area contributed by atoms with Crippen molar-refractivity contribution < 1.29 is 4.42 Å². The van der Waals surface area contributed by atoms with E-state index in [9.17, 15) is 0 Å². The van der Waals surface area contributed by atoms with Crippen LogP contribution in [0.25, 0.3) is 21.9 Å². The Morgan fingerprint density at radius 3 is 1.57 bits per heavy atom. The maximum atomic E-state index is 5.65. The Morgan fingerprint density at radius 2 is 1.07 bits per heavy atom. The zero-order valence-corrected chi connectivity index (χ0v) is 9.15. The van der Waals surface area contributed by atoms with Gasteiger partial charge in [0.25, 0.3) is 0 Å². The van der Waals surface area contributed by atoms with E-state index < -0.39 is 0 Å². The SMILES string of the molecule is P.c1ccc2c(c1)oc1ccccc12. The summed E-state index contributed by atoms with van der Waals surface area (Å²) in [6.07, 6.45) is 0. The third-order valence-corrected chi connectivity index (χ3v) is 2.28. The van der Waals surface area contributed by atoms with Crippen molar-refractivity contribution in [2.24, 2.45) is 0 Å². The van der Waals surface area contributed by atoms with Crippen LogP contribution in [0.3, 0.4) is 0 Å². The lowest BCUT2D eigenvalue weighted by Crippen LogP contribution is -1.62. The third kappa shape index (κ3) is 1.21. The molecule has 2 heteroatoms. The van der Waals surface area contributed by atoms with E-state index in [2.05, 4.69) is 12.1 Å². The molecular weight excluding hydrogens is 191 g/mol. The molecular formula is C12H11OP. The Morgan fingerprint density at radius 1 is 0.643 bits per heavy atom. The molecule has 0 spiro atoms. The highest BCUT2D eigenvalue weighted by Gasteiger charge is 2.02. The van der Waals surface area contributed by atoms with Crippen molar-refractivity contribution in [1.29, 1.82) is 0 Å². The molecule has 0 N–H and O–H groups in total. The molecule has 70 valence electrons. The van der Waals surface area contributed by atoms with Gasteiger partial charge in [-0.2, -0.15) is 9.90 Å². The molecule has 0 bridgehead atoms. The van der Waals surface area contributed by atoms with Gasteiger partial charge in [0.05, 0.1) is 0 Å². The van der Waals surface area contributed by atoms with Gasteiger partial charge in [-0.1, -0.05) is 36.4 Å². The van der Waals surface area contributed by atoms with Gasteiger partial charge in [0.15, 0.2) is 0 Å². The van der Waals surface area contributed by atoms with Crippen molar-refractivity contribution in [3.05, 3.63) is 48.5 Å². The average Bonchev–Trinajstić information content (AvgIpc) is 2.56. The lowest BCUT2D eigenvalue weighted by atomic mass is 10.2. The second kappa shape index (κ2) is 3.43. The van der Waals surface area contributed by atoms with Crippen LogP contribution in [0.4, 0.5) is 0 Å². The second-order valence-corrected chi connectivity index (χ2v) is 3.09. The molecule has 0 radical (unpaired) electrons. The van der Waals surface area contributed by atoms with E-state index >= 15 is 0 Å². The molecule has 0 saturated carbocycles. The zero-order valence-electron chi connectivity index (χ0n) is 7.73. The minimum Gasteiger partial charge on any atom is -0.456 e. The molecule has 1 nitrogen and oxygen atoms in total. The molecule has 3 rings (SSSR count).